The maximum absolute atomic E-state index is 4.44. The summed E-state index contributed by atoms with van der Waals surface area (Å²) < 4.78 is 1.82. The van der Waals surface area contributed by atoms with Crippen LogP contribution in [0.1, 0.15) is 22.5 Å². The Bertz CT molecular complexity index is 576. The van der Waals surface area contributed by atoms with Gasteiger partial charge in [-0.3, -0.25) is 0 Å². The van der Waals surface area contributed by atoms with Crippen molar-refractivity contribution in [3.63, 3.8) is 0 Å². The lowest BCUT2D eigenvalue weighted by molar-refractivity contribution is 0.406. The van der Waals surface area contributed by atoms with Gasteiger partial charge in [0, 0.05) is 47.8 Å². The molecule has 0 saturated heterocycles. The van der Waals surface area contributed by atoms with Crippen molar-refractivity contribution in [1.82, 2.24) is 19.7 Å². The molecule has 2 rings (SSSR count). The average molecular weight is 340 g/mol. The van der Waals surface area contributed by atoms with E-state index in [4.69, 9.17) is 0 Å². The summed E-state index contributed by atoms with van der Waals surface area (Å²) >= 11 is 3.87. The number of nitrogens with one attached hydrogen (secondary N) is 1. The molecule has 0 amide bonds. The molecule has 2 aromatic rings. The van der Waals surface area contributed by atoms with Crippen LogP contribution in [-0.2, 0) is 25.8 Å². The molecule has 7 heteroatoms. The first-order chi connectivity index (χ1) is 10.6. The van der Waals surface area contributed by atoms with Crippen LogP contribution in [0.25, 0.3) is 0 Å². The van der Waals surface area contributed by atoms with Crippen molar-refractivity contribution in [2.45, 2.75) is 25.6 Å². The highest BCUT2D eigenvalue weighted by Crippen LogP contribution is 2.22. The minimum atomic E-state index is 0.863. The van der Waals surface area contributed by atoms with Gasteiger partial charge in [-0.1, -0.05) is 6.92 Å². The number of aromatic nitrogens is 3. The Morgan fingerprint density at radius 1 is 1.32 bits per heavy atom. The average Bonchev–Trinajstić information content (AvgIpc) is 3.05. The zero-order valence-corrected chi connectivity index (χ0v) is 15.4. The zero-order chi connectivity index (χ0) is 15.9. The molecular formula is C15H25N5S2. The number of hydrogen-bond acceptors (Lipinski definition) is 6. The Kier molecular flexibility index (Phi) is 6.72. The van der Waals surface area contributed by atoms with Crippen LogP contribution in [0.15, 0.2) is 12.1 Å². The smallest absolute Gasteiger partial charge is 0.221 e. The molecule has 2 heterocycles. The molecule has 0 aliphatic rings. The minimum Gasteiger partial charge on any atom is -0.354 e. The van der Waals surface area contributed by atoms with E-state index in [1.54, 1.807) is 0 Å². The lowest BCUT2D eigenvalue weighted by Gasteiger charge is -2.06. The standard InChI is InChI=1S/C15H25N5S2/c1-5-14-17-15(20(4)18-14)16-8-9-21-11-13-7-6-12(22-13)10-19(2)3/h6-7H,5,8-11H2,1-4H3,(H,16,17,18). The minimum absolute atomic E-state index is 0.863. The molecule has 122 valence electrons. The van der Waals surface area contributed by atoms with Gasteiger partial charge in [-0.15, -0.1) is 11.3 Å². The van der Waals surface area contributed by atoms with Crippen LogP contribution in [0.4, 0.5) is 5.95 Å². The van der Waals surface area contributed by atoms with Gasteiger partial charge in [0.15, 0.2) is 5.82 Å². The topological polar surface area (TPSA) is 46.0 Å². The fourth-order valence-electron chi connectivity index (χ4n) is 2.05. The van der Waals surface area contributed by atoms with Gasteiger partial charge in [-0.05, 0) is 26.2 Å². The number of thioether (sulfide) groups is 1. The first-order valence-electron chi connectivity index (χ1n) is 7.52. The van der Waals surface area contributed by atoms with Crippen molar-refractivity contribution in [2.75, 3.05) is 31.7 Å². The van der Waals surface area contributed by atoms with Crippen molar-refractivity contribution in [2.24, 2.45) is 7.05 Å². The van der Waals surface area contributed by atoms with E-state index in [0.29, 0.717) is 0 Å². The molecule has 0 aliphatic carbocycles. The van der Waals surface area contributed by atoms with Crippen molar-refractivity contribution >= 4 is 29.0 Å². The van der Waals surface area contributed by atoms with Crippen LogP contribution in [0.3, 0.4) is 0 Å². The molecular weight excluding hydrogens is 314 g/mol. The molecule has 0 fully saturated rings. The van der Waals surface area contributed by atoms with Gasteiger partial charge in [0.2, 0.25) is 5.95 Å². The second-order valence-corrected chi connectivity index (χ2v) is 7.77. The molecule has 0 bridgehead atoms. The zero-order valence-electron chi connectivity index (χ0n) is 13.8. The van der Waals surface area contributed by atoms with Crippen molar-refractivity contribution in [3.8, 4) is 0 Å². The maximum Gasteiger partial charge on any atom is 0.221 e. The van der Waals surface area contributed by atoms with Gasteiger partial charge in [-0.2, -0.15) is 21.8 Å². The maximum atomic E-state index is 4.44. The summed E-state index contributed by atoms with van der Waals surface area (Å²) in [6.45, 7) is 4.01. The van der Waals surface area contributed by atoms with Crippen LogP contribution < -0.4 is 5.32 Å². The molecule has 0 radical (unpaired) electrons. The first-order valence-corrected chi connectivity index (χ1v) is 9.49. The summed E-state index contributed by atoms with van der Waals surface area (Å²) in [6, 6.07) is 4.49. The van der Waals surface area contributed by atoms with Gasteiger partial charge in [-0.25, -0.2) is 4.68 Å². The number of anilines is 1. The highest BCUT2D eigenvalue weighted by atomic mass is 32.2. The third-order valence-corrected chi connectivity index (χ3v) is 5.35. The summed E-state index contributed by atoms with van der Waals surface area (Å²) in [4.78, 5) is 9.54. The predicted molar refractivity (Wildman–Crippen MR) is 96.7 cm³/mol. The molecule has 5 nitrogen and oxygen atoms in total. The second kappa shape index (κ2) is 8.55. The molecule has 0 atom stereocenters. The Hall–Kier alpha value is -1.05. The fraction of sp³-hybridized carbons (Fsp3) is 0.600. The number of thiophene rings is 1. The van der Waals surface area contributed by atoms with Crippen molar-refractivity contribution in [1.29, 1.82) is 0 Å². The van der Waals surface area contributed by atoms with Crippen LogP contribution >= 0.6 is 23.1 Å². The third kappa shape index (κ3) is 5.30. The Labute approximate surface area is 141 Å². The SMILES string of the molecule is CCc1nc(NCCSCc2ccc(CN(C)C)s2)n(C)n1. The van der Waals surface area contributed by atoms with E-state index in [0.717, 1.165) is 42.8 Å². The van der Waals surface area contributed by atoms with Gasteiger partial charge < -0.3 is 10.2 Å². The highest BCUT2D eigenvalue weighted by Gasteiger charge is 2.05. The molecule has 0 aromatic carbocycles. The van der Waals surface area contributed by atoms with E-state index >= 15 is 0 Å². The van der Waals surface area contributed by atoms with Crippen LogP contribution in [0.2, 0.25) is 0 Å². The largest absolute Gasteiger partial charge is 0.354 e. The monoisotopic (exact) mass is 339 g/mol. The van der Waals surface area contributed by atoms with Crippen LogP contribution in [0.5, 0.6) is 0 Å². The molecule has 0 unspecified atom stereocenters. The lowest BCUT2D eigenvalue weighted by Crippen LogP contribution is -2.09. The van der Waals surface area contributed by atoms with Crippen LogP contribution in [0, 0.1) is 0 Å². The number of rotatable bonds is 9. The summed E-state index contributed by atoms with van der Waals surface area (Å²) in [5, 5.41) is 7.69. The van der Waals surface area contributed by atoms with Crippen molar-refractivity contribution < 1.29 is 0 Å². The molecule has 1 N–H and O–H groups in total. The van der Waals surface area contributed by atoms with Crippen LogP contribution in [-0.4, -0.2) is 46.1 Å². The molecule has 22 heavy (non-hydrogen) atoms. The number of nitrogens with zero attached hydrogens (tertiary/aromatic N) is 4. The summed E-state index contributed by atoms with van der Waals surface area (Å²) in [5.41, 5.74) is 0. The number of aryl methyl sites for hydroxylation is 2. The first kappa shape index (κ1) is 17.3. The summed E-state index contributed by atoms with van der Waals surface area (Å²) in [7, 11) is 6.14. The van der Waals surface area contributed by atoms with E-state index in [1.807, 2.05) is 34.8 Å². The summed E-state index contributed by atoms with van der Waals surface area (Å²) in [6.07, 6.45) is 0.873. The molecule has 0 spiro atoms. The number of hydrogen-bond donors (Lipinski definition) is 1. The van der Waals surface area contributed by atoms with Gasteiger partial charge in [0.25, 0.3) is 0 Å². The van der Waals surface area contributed by atoms with E-state index < -0.39 is 0 Å². The lowest BCUT2D eigenvalue weighted by atomic mass is 10.4. The third-order valence-electron chi connectivity index (χ3n) is 3.09. The molecule has 0 aliphatic heterocycles. The molecule has 0 saturated carbocycles. The quantitative estimate of drug-likeness (QED) is 0.712. The van der Waals surface area contributed by atoms with E-state index in [-0.39, 0.29) is 0 Å². The highest BCUT2D eigenvalue weighted by molar-refractivity contribution is 7.98. The van der Waals surface area contributed by atoms with E-state index in [2.05, 4.69) is 53.5 Å². The second-order valence-electron chi connectivity index (χ2n) is 5.41. The van der Waals surface area contributed by atoms with Gasteiger partial charge in [0.05, 0.1) is 0 Å². The Morgan fingerprint density at radius 2 is 2.09 bits per heavy atom. The molecule has 2 aromatic heterocycles. The van der Waals surface area contributed by atoms with Gasteiger partial charge >= 0.3 is 0 Å². The normalized spacial score (nSPS) is 11.3. The van der Waals surface area contributed by atoms with Gasteiger partial charge in [0.1, 0.15) is 0 Å². The predicted octanol–water partition coefficient (Wildman–Crippen LogP) is 2.85. The summed E-state index contributed by atoms with van der Waals surface area (Å²) in [5.74, 6) is 3.90. The van der Waals surface area contributed by atoms with E-state index in [1.165, 1.54) is 9.75 Å². The van der Waals surface area contributed by atoms with E-state index in [9.17, 15) is 0 Å². The Morgan fingerprint density at radius 3 is 2.77 bits per heavy atom. The Balaban J connectivity index is 1.66. The van der Waals surface area contributed by atoms with Crippen molar-refractivity contribution in [3.05, 3.63) is 27.7 Å². The fourth-order valence-corrected chi connectivity index (χ4v) is 4.15.